The van der Waals surface area contributed by atoms with Crippen molar-refractivity contribution >= 4 is 39.0 Å². The number of benzene rings is 2. The molecule has 0 aromatic heterocycles. The fourth-order valence-corrected chi connectivity index (χ4v) is 2.02. The molecule has 0 aliphatic rings. The molecule has 0 saturated heterocycles. The second-order valence-electron chi connectivity index (χ2n) is 3.86. The number of carboxylic acid groups (broad SMARTS) is 1. The van der Waals surface area contributed by atoms with Crippen LogP contribution in [0.2, 0.25) is 0 Å². The molecule has 4 N–H and O–H groups in total. The molecule has 0 atom stereocenters. The summed E-state index contributed by atoms with van der Waals surface area (Å²) in [7, 11) is 0. The number of hydrogen-bond acceptors (Lipinski definition) is 3. The molecule has 4 nitrogen and oxygen atoms in total. The van der Waals surface area contributed by atoms with Crippen molar-refractivity contribution in [3.8, 4) is 0 Å². The Bertz CT molecular complexity index is 647. The van der Waals surface area contributed by atoms with E-state index in [-0.39, 0.29) is 17.1 Å². The highest BCUT2D eigenvalue weighted by atomic mass is 79.9. The van der Waals surface area contributed by atoms with E-state index < -0.39 is 5.97 Å². The minimum absolute atomic E-state index is 0.0169. The number of halogens is 2. The van der Waals surface area contributed by atoms with Crippen LogP contribution in [0.3, 0.4) is 0 Å². The lowest BCUT2D eigenvalue weighted by Crippen LogP contribution is -2.03. The lowest BCUT2D eigenvalue weighted by atomic mass is 10.1. The first-order valence-corrected chi connectivity index (χ1v) is 6.11. The van der Waals surface area contributed by atoms with Gasteiger partial charge in [0.15, 0.2) is 0 Å². The molecular formula is C13H10BrFN2O2. The fourth-order valence-electron chi connectivity index (χ4n) is 1.57. The van der Waals surface area contributed by atoms with E-state index in [1.54, 1.807) is 12.1 Å². The Balaban J connectivity index is 2.33. The van der Waals surface area contributed by atoms with Crippen molar-refractivity contribution in [2.24, 2.45) is 0 Å². The molecule has 0 bridgehead atoms. The molecule has 19 heavy (non-hydrogen) atoms. The van der Waals surface area contributed by atoms with Gasteiger partial charge in [-0.1, -0.05) is 0 Å². The molecule has 2 aromatic carbocycles. The first kappa shape index (κ1) is 13.4. The minimum Gasteiger partial charge on any atom is -0.478 e. The van der Waals surface area contributed by atoms with Gasteiger partial charge < -0.3 is 16.2 Å². The lowest BCUT2D eigenvalue weighted by Gasteiger charge is -2.10. The molecule has 2 aromatic rings. The first-order valence-electron chi connectivity index (χ1n) is 5.32. The van der Waals surface area contributed by atoms with E-state index in [9.17, 15) is 9.18 Å². The third kappa shape index (κ3) is 3.03. The summed E-state index contributed by atoms with van der Waals surface area (Å²) < 4.78 is 13.5. The quantitative estimate of drug-likeness (QED) is 0.754. The van der Waals surface area contributed by atoms with Crippen molar-refractivity contribution in [2.45, 2.75) is 0 Å². The van der Waals surface area contributed by atoms with E-state index in [0.717, 1.165) is 0 Å². The maximum atomic E-state index is 13.0. The summed E-state index contributed by atoms with van der Waals surface area (Å²) in [4.78, 5) is 11.0. The zero-order chi connectivity index (χ0) is 14.0. The van der Waals surface area contributed by atoms with E-state index in [2.05, 4.69) is 21.2 Å². The van der Waals surface area contributed by atoms with Gasteiger partial charge >= 0.3 is 5.97 Å². The van der Waals surface area contributed by atoms with E-state index >= 15 is 0 Å². The van der Waals surface area contributed by atoms with Crippen molar-refractivity contribution in [1.29, 1.82) is 0 Å². The molecule has 0 aliphatic carbocycles. The first-order chi connectivity index (χ1) is 8.97. The highest BCUT2D eigenvalue weighted by Gasteiger charge is 2.09. The Morgan fingerprint density at radius 2 is 2.00 bits per heavy atom. The summed E-state index contributed by atoms with van der Waals surface area (Å²) in [6.07, 6.45) is 0. The van der Waals surface area contributed by atoms with Crippen LogP contribution in [0.1, 0.15) is 10.4 Å². The number of carbonyl (C=O) groups is 1. The average molecular weight is 325 g/mol. The number of nitrogen functional groups attached to an aromatic ring is 1. The van der Waals surface area contributed by atoms with Crippen molar-refractivity contribution in [3.05, 3.63) is 52.3 Å². The predicted molar refractivity (Wildman–Crippen MR) is 75.2 cm³/mol. The van der Waals surface area contributed by atoms with Gasteiger partial charge in [0.25, 0.3) is 0 Å². The molecule has 2 rings (SSSR count). The van der Waals surface area contributed by atoms with Crippen LogP contribution >= 0.6 is 15.9 Å². The van der Waals surface area contributed by atoms with Gasteiger partial charge in [0, 0.05) is 15.8 Å². The second-order valence-corrected chi connectivity index (χ2v) is 4.71. The van der Waals surface area contributed by atoms with Crippen molar-refractivity contribution < 1.29 is 14.3 Å². The van der Waals surface area contributed by atoms with Gasteiger partial charge in [-0.3, -0.25) is 0 Å². The molecule has 0 aliphatic heterocycles. The maximum absolute atomic E-state index is 13.0. The highest BCUT2D eigenvalue weighted by Crippen LogP contribution is 2.28. The van der Waals surface area contributed by atoms with E-state index in [4.69, 9.17) is 10.8 Å². The highest BCUT2D eigenvalue weighted by molar-refractivity contribution is 9.10. The van der Waals surface area contributed by atoms with E-state index in [1.165, 1.54) is 24.3 Å². The minimum atomic E-state index is -1.10. The third-order valence-corrected chi connectivity index (χ3v) is 3.15. The van der Waals surface area contributed by atoms with Crippen LogP contribution in [0.5, 0.6) is 0 Å². The van der Waals surface area contributed by atoms with Crippen molar-refractivity contribution in [2.75, 3.05) is 11.1 Å². The Morgan fingerprint density at radius 1 is 1.26 bits per heavy atom. The molecule has 0 fully saturated rings. The molecule has 0 heterocycles. The third-order valence-electron chi connectivity index (χ3n) is 2.49. The number of carboxylic acids is 1. The molecule has 0 radical (unpaired) electrons. The van der Waals surface area contributed by atoms with Crippen LogP contribution in [0, 0.1) is 5.82 Å². The van der Waals surface area contributed by atoms with Crippen LogP contribution < -0.4 is 11.1 Å². The largest absolute Gasteiger partial charge is 0.478 e. The fraction of sp³-hybridized carbons (Fsp3) is 0. The summed E-state index contributed by atoms with van der Waals surface area (Å²) in [6, 6.07) is 8.75. The van der Waals surface area contributed by atoms with Crippen molar-refractivity contribution in [1.82, 2.24) is 0 Å². The number of aromatic carboxylic acids is 1. The maximum Gasteiger partial charge on any atom is 0.337 e. The Hall–Kier alpha value is -2.08. The van der Waals surface area contributed by atoms with Gasteiger partial charge in [-0.05, 0) is 52.3 Å². The Morgan fingerprint density at radius 3 is 2.63 bits per heavy atom. The topological polar surface area (TPSA) is 75.3 Å². The summed E-state index contributed by atoms with van der Waals surface area (Å²) in [6.45, 7) is 0. The standard InChI is InChI=1S/C13H10BrFN2O2/c14-10-5-7(15)1-4-12(10)17-8-2-3-11(16)9(6-8)13(18)19/h1-6,17H,16H2,(H,18,19). The monoisotopic (exact) mass is 324 g/mol. The molecule has 0 unspecified atom stereocenters. The molecule has 6 heteroatoms. The molecule has 0 amide bonds. The number of nitrogens with one attached hydrogen (secondary N) is 1. The molecule has 98 valence electrons. The van der Waals surface area contributed by atoms with Crippen LogP contribution in [-0.4, -0.2) is 11.1 Å². The summed E-state index contributed by atoms with van der Waals surface area (Å²) in [5, 5.41) is 12.0. The molecular weight excluding hydrogens is 315 g/mol. The summed E-state index contributed by atoms with van der Waals surface area (Å²) >= 11 is 3.22. The van der Waals surface area contributed by atoms with Crippen LogP contribution in [0.4, 0.5) is 21.5 Å². The molecule has 0 saturated carbocycles. The van der Waals surface area contributed by atoms with E-state index in [1.807, 2.05) is 0 Å². The van der Waals surface area contributed by atoms with Gasteiger partial charge in [0.05, 0.1) is 11.3 Å². The summed E-state index contributed by atoms with van der Waals surface area (Å²) in [5.74, 6) is -1.46. The zero-order valence-electron chi connectivity index (χ0n) is 9.65. The number of nitrogens with two attached hydrogens (primary N) is 1. The second kappa shape index (κ2) is 5.27. The number of anilines is 3. The number of rotatable bonds is 3. The molecule has 0 spiro atoms. The van der Waals surface area contributed by atoms with E-state index in [0.29, 0.717) is 15.8 Å². The van der Waals surface area contributed by atoms with Gasteiger partial charge in [-0.15, -0.1) is 0 Å². The van der Waals surface area contributed by atoms with Crippen LogP contribution in [0.25, 0.3) is 0 Å². The normalized spacial score (nSPS) is 10.2. The summed E-state index contributed by atoms with van der Waals surface area (Å²) in [5.41, 5.74) is 6.96. The zero-order valence-corrected chi connectivity index (χ0v) is 11.2. The number of hydrogen-bond donors (Lipinski definition) is 3. The average Bonchev–Trinajstić information content (AvgIpc) is 2.34. The van der Waals surface area contributed by atoms with Crippen LogP contribution in [-0.2, 0) is 0 Å². The Labute approximate surface area is 117 Å². The van der Waals surface area contributed by atoms with Gasteiger partial charge in [0.1, 0.15) is 5.82 Å². The lowest BCUT2D eigenvalue weighted by molar-refractivity contribution is 0.0698. The van der Waals surface area contributed by atoms with Crippen LogP contribution in [0.15, 0.2) is 40.9 Å². The SMILES string of the molecule is Nc1ccc(Nc2ccc(F)cc2Br)cc1C(=O)O. The van der Waals surface area contributed by atoms with Gasteiger partial charge in [-0.25, -0.2) is 9.18 Å². The Kier molecular flexibility index (Phi) is 3.71. The van der Waals surface area contributed by atoms with Gasteiger partial charge in [-0.2, -0.15) is 0 Å². The predicted octanol–water partition coefficient (Wildman–Crippen LogP) is 3.61. The smallest absolute Gasteiger partial charge is 0.337 e. The van der Waals surface area contributed by atoms with Crippen molar-refractivity contribution in [3.63, 3.8) is 0 Å². The van der Waals surface area contributed by atoms with Gasteiger partial charge in [0.2, 0.25) is 0 Å².